The molecule has 2 aromatic rings. The summed E-state index contributed by atoms with van der Waals surface area (Å²) < 4.78 is 30.3. The number of halogens is 2. The summed E-state index contributed by atoms with van der Waals surface area (Å²) in [5.74, 6) is -2.56. The van der Waals surface area contributed by atoms with Gasteiger partial charge in [0.1, 0.15) is 17.4 Å². The molecule has 26 heavy (non-hydrogen) atoms. The van der Waals surface area contributed by atoms with Gasteiger partial charge in [-0.15, -0.1) is 0 Å². The molecule has 0 amide bonds. The van der Waals surface area contributed by atoms with E-state index in [0.717, 1.165) is 18.9 Å². The Morgan fingerprint density at radius 2 is 2.12 bits per heavy atom. The van der Waals surface area contributed by atoms with Crippen molar-refractivity contribution in [2.24, 2.45) is 11.7 Å². The molecule has 2 aliphatic rings. The summed E-state index contributed by atoms with van der Waals surface area (Å²) in [6.07, 6.45) is 1.76. The third-order valence-corrected chi connectivity index (χ3v) is 5.07. The molecule has 1 saturated carbocycles. The zero-order chi connectivity index (χ0) is 18.6. The van der Waals surface area contributed by atoms with Crippen LogP contribution in [0.2, 0.25) is 0 Å². The number of aromatic nitrogens is 2. The molecular formula is C17H18F2N4O3. The van der Waals surface area contributed by atoms with Crippen LogP contribution in [0.4, 0.5) is 14.6 Å². The highest BCUT2D eigenvalue weighted by atomic mass is 19.1. The molecule has 0 bridgehead atoms. The number of carboxylic acid groups (broad SMARTS) is 1. The van der Waals surface area contributed by atoms with Gasteiger partial charge < -0.3 is 20.3 Å². The van der Waals surface area contributed by atoms with Gasteiger partial charge in [0.25, 0.3) is 0 Å². The minimum absolute atomic E-state index is 0.0157. The van der Waals surface area contributed by atoms with Crippen molar-refractivity contribution in [2.45, 2.75) is 25.1 Å². The van der Waals surface area contributed by atoms with E-state index in [-0.39, 0.29) is 42.5 Å². The molecule has 138 valence electrons. The van der Waals surface area contributed by atoms with Crippen molar-refractivity contribution in [3.8, 4) is 0 Å². The summed E-state index contributed by atoms with van der Waals surface area (Å²) >= 11 is 0. The average molecular weight is 364 g/mol. The van der Waals surface area contributed by atoms with Gasteiger partial charge in [-0.05, 0) is 25.5 Å². The number of anilines is 1. The van der Waals surface area contributed by atoms with E-state index in [9.17, 15) is 23.5 Å². The van der Waals surface area contributed by atoms with Gasteiger partial charge >= 0.3 is 5.97 Å². The minimum Gasteiger partial charge on any atom is -0.477 e. The molecule has 1 aliphatic carbocycles. The second-order valence-corrected chi connectivity index (χ2v) is 6.90. The lowest BCUT2D eigenvalue weighted by atomic mass is 10.1. The lowest BCUT2D eigenvalue weighted by molar-refractivity contribution is 0.0695. The van der Waals surface area contributed by atoms with E-state index in [0.29, 0.717) is 0 Å². The fourth-order valence-electron chi connectivity index (χ4n) is 3.47. The number of aromatic carboxylic acids is 1. The third-order valence-electron chi connectivity index (χ3n) is 5.07. The summed E-state index contributed by atoms with van der Waals surface area (Å²) in [5.41, 5.74) is 4.59. The highest BCUT2D eigenvalue weighted by Crippen LogP contribution is 2.37. The van der Waals surface area contributed by atoms with Crippen molar-refractivity contribution in [3.05, 3.63) is 33.9 Å². The van der Waals surface area contributed by atoms with E-state index < -0.39 is 34.9 Å². The molecule has 3 N–H and O–H groups in total. The highest BCUT2D eigenvalue weighted by molar-refractivity contribution is 5.92. The van der Waals surface area contributed by atoms with E-state index in [1.54, 1.807) is 4.57 Å². The fraction of sp³-hybridized carbons (Fsp3) is 0.471. The number of nitrogens with two attached hydrogens (primary N) is 1. The van der Waals surface area contributed by atoms with Crippen LogP contribution < -0.4 is 16.1 Å². The SMILES string of the molecule is NC[C@H]1CN(c2nc3c(cc2F)c(=O)c(C(=O)O)cn3C2CC2)C[C@H]1F. The molecule has 7 nitrogen and oxygen atoms in total. The Labute approximate surface area is 147 Å². The predicted octanol–water partition coefficient (Wildman–Crippen LogP) is 1.30. The van der Waals surface area contributed by atoms with Crippen LogP contribution in [0.1, 0.15) is 29.2 Å². The molecular weight excluding hydrogens is 346 g/mol. The Morgan fingerprint density at radius 1 is 1.38 bits per heavy atom. The first-order valence-electron chi connectivity index (χ1n) is 8.48. The van der Waals surface area contributed by atoms with Crippen LogP contribution in [0.5, 0.6) is 0 Å². The number of hydrogen-bond donors (Lipinski definition) is 2. The lowest BCUT2D eigenvalue weighted by Crippen LogP contribution is -2.26. The van der Waals surface area contributed by atoms with Gasteiger partial charge in [0, 0.05) is 24.7 Å². The van der Waals surface area contributed by atoms with Crippen LogP contribution >= 0.6 is 0 Å². The molecule has 9 heteroatoms. The first kappa shape index (κ1) is 16.9. The Hall–Kier alpha value is -2.55. The topological polar surface area (TPSA) is 101 Å². The van der Waals surface area contributed by atoms with Crippen LogP contribution in [0.25, 0.3) is 11.0 Å². The van der Waals surface area contributed by atoms with Gasteiger partial charge in [-0.25, -0.2) is 18.6 Å². The smallest absolute Gasteiger partial charge is 0.341 e. The van der Waals surface area contributed by atoms with Gasteiger partial charge in [-0.2, -0.15) is 0 Å². The second kappa shape index (κ2) is 6.01. The van der Waals surface area contributed by atoms with E-state index >= 15 is 0 Å². The molecule has 0 aromatic carbocycles. The highest BCUT2D eigenvalue weighted by Gasteiger charge is 2.35. The number of pyridine rings is 2. The number of rotatable bonds is 4. The van der Waals surface area contributed by atoms with E-state index in [1.807, 2.05) is 0 Å². The summed E-state index contributed by atoms with van der Waals surface area (Å²) in [6.45, 7) is 0.383. The quantitative estimate of drug-likeness (QED) is 0.848. The van der Waals surface area contributed by atoms with Crippen molar-refractivity contribution in [1.82, 2.24) is 9.55 Å². The second-order valence-electron chi connectivity index (χ2n) is 6.90. The van der Waals surface area contributed by atoms with Crippen molar-refractivity contribution in [3.63, 3.8) is 0 Å². The first-order valence-corrected chi connectivity index (χ1v) is 8.48. The lowest BCUT2D eigenvalue weighted by Gasteiger charge is -2.19. The maximum Gasteiger partial charge on any atom is 0.341 e. The van der Waals surface area contributed by atoms with E-state index in [1.165, 1.54) is 11.1 Å². The molecule has 2 atom stereocenters. The Morgan fingerprint density at radius 3 is 2.69 bits per heavy atom. The van der Waals surface area contributed by atoms with Crippen LogP contribution in [0.3, 0.4) is 0 Å². The standard InChI is InChI=1S/C17H18F2N4O3/c18-12-3-10-14(24)11(17(25)26)6-23(9-1-2-9)15(10)21-16(12)22-5-8(4-20)13(19)7-22/h3,6,8-9,13H,1-2,4-5,7,20H2,(H,25,26)/t8-,13+/m0/s1. The zero-order valence-corrected chi connectivity index (χ0v) is 13.9. The Bertz CT molecular complexity index is 957. The number of alkyl halides is 1. The largest absolute Gasteiger partial charge is 0.477 e. The van der Waals surface area contributed by atoms with Crippen LogP contribution in [-0.2, 0) is 0 Å². The third kappa shape index (κ3) is 2.63. The van der Waals surface area contributed by atoms with E-state index in [2.05, 4.69) is 4.98 Å². The van der Waals surface area contributed by atoms with Crippen LogP contribution in [-0.4, -0.2) is 46.4 Å². The van der Waals surface area contributed by atoms with Gasteiger partial charge in [-0.3, -0.25) is 4.79 Å². The molecule has 3 heterocycles. The molecule has 1 saturated heterocycles. The summed E-state index contributed by atoms with van der Waals surface area (Å²) in [7, 11) is 0. The summed E-state index contributed by atoms with van der Waals surface area (Å²) in [4.78, 5) is 29.5. The maximum absolute atomic E-state index is 14.6. The average Bonchev–Trinajstić information content (AvgIpc) is 3.37. The molecule has 2 fully saturated rings. The molecule has 0 unspecified atom stereocenters. The van der Waals surface area contributed by atoms with Crippen LogP contribution in [0, 0.1) is 11.7 Å². The summed E-state index contributed by atoms with van der Waals surface area (Å²) in [5, 5.41) is 9.17. The predicted molar refractivity (Wildman–Crippen MR) is 90.8 cm³/mol. The zero-order valence-electron chi connectivity index (χ0n) is 13.9. The summed E-state index contributed by atoms with van der Waals surface area (Å²) in [6, 6.07) is 1.04. The molecule has 4 rings (SSSR count). The van der Waals surface area contributed by atoms with Crippen molar-refractivity contribution in [2.75, 3.05) is 24.5 Å². The van der Waals surface area contributed by atoms with Gasteiger partial charge in [0.15, 0.2) is 11.6 Å². The van der Waals surface area contributed by atoms with Crippen molar-refractivity contribution >= 4 is 22.8 Å². The molecule has 0 radical (unpaired) electrons. The minimum atomic E-state index is -1.36. The number of hydrogen-bond acceptors (Lipinski definition) is 5. The number of carbonyl (C=O) groups is 1. The van der Waals surface area contributed by atoms with Crippen LogP contribution in [0.15, 0.2) is 17.1 Å². The number of carboxylic acids is 1. The number of nitrogens with zero attached hydrogens (tertiary/aromatic N) is 3. The Kier molecular flexibility index (Phi) is 3.91. The maximum atomic E-state index is 14.6. The molecule has 0 spiro atoms. The first-order chi connectivity index (χ1) is 12.4. The monoisotopic (exact) mass is 364 g/mol. The van der Waals surface area contributed by atoms with Crippen molar-refractivity contribution in [1.29, 1.82) is 0 Å². The Balaban J connectivity index is 1.89. The van der Waals surface area contributed by atoms with Gasteiger partial charge in [0.05, 0.1) is 11.9 Å². The fourth-order valence-corrected chi connectivity index (χ4v) is 3.47. The van der Waals surface area contributed by atoms with Crippen molar-refractivity contribution < 1.29 is 18.7 Å². The molecule has 1 aliphatic heterocycles. The molecule has 2 aromatic heterocycles. The van der Waals surface area contributed by atoms with Gasteiger partial charge in [0.2, 0.25) is 5.43 Å². The number of fused-ring (bicyclic) bond motifs is 1. The van der Waals surface area contributed by atoms with Gasteiger partial charge in [-0.1, -0.05) is 0 Å². The van der Waals surface area contributed by atoms with E-state index in [4.69, 9.17) is 5.73 Å². The normalized spacial score (nSPS) is 23.0.